The summed E-state index contributed by atoms with van der Waals surface area (Å²) in [6, 6.07) is 9.12. The summed E-state index contributed by atoms with van der Waals surface area (Å²) in [6.45, 7) is 10.3. The molecule has 8 heteroatoms. The number of rotatable bonds is 9. The molecular formula is C26H34FN5OS. The van der Waals surface area contributed by atoms with E-state index in [1.54, 1.807) is 12.4 Å². The van der Waals surface area contributed by atoms with Gasteiger partial charge in [0.15, 0.2) is 0 Å². The van der Waals surface area contributed by atoms with Gasteiger partial charge in [0.05, 0.1) is 12.1 Å². The average molecular weight is 484 g/mol. The van der Waals surface area contributed by atoms with Crippen molar-refractivity contribution >= 4 is 17.9 Å². The SMILES string of the molecule is CC(C)c1cc(F)cc(-c2cccnc2)c1CC(=O)NSc1cc(C(C)N(C)C)n(C(C)C)n1. The Balaban J connectivity index is 1.84. The number of halogens is 1. The number of nitrogens with zero attached hydrogens (tertiary/aromatic N) is 4. The molecule has 0 saturated heterocycles. The van der Waals surface area contributed by atoms with Crippen molar-refractivity contribution in [3.63, 3.8) is 0 Å². The molecule has 3 rings (SSSR count). The fourth-order valence-electron chi connectivity index (χ4n) is 3.88. The summed E-state index contributed by atoms with van der Waals surface area (Å²) in [4.78, 5) is 19.3. The third-order valence-corrected chi connectivity index (χ3v) is 6.62. The molecule has 0 saturated carbocycles. The van der Waals surface area contributed by atoms with E-state index < -0.39 is 0 Å². The van der Waals surface area contributed by atoms with Gasteiger partial charge >= 0.3 is 0 Å². The highest BCUT2D eigenvalue weighted by molar-refractivity contribution is 7.97. The standard InChI is InChI=1S/C26H34FN5OS/c1-16(2)21-11-20(27)12-22(19-9-8-10-28-15-19)23(21)13-25(33)30-34-26-14-24(18(5)31(6)7)32(29-26)17(3)4/h8-12,14-18H,13H2,1-7H3,(H,30,33). The lowest BCUT2D eigenvalue weighted by Gasteiger charge is -2.22. The number of carbonyl (C=O) groups excluding carboxylic acids is 1. The summed E-state index contributed by atoms with van der Waals surface area (Å²) < 4.78 is 19.4. The van der Waals surface area contributed by atoms with Gasteiger partial charge in [-0.2, -0.15) is 5.10 Å². The Morgan fingerprint density at radius 2 is 1.91 bits per heavy atom. The monoisotopic (exact) mass is 483 g/mol. The molecule has 6 nitrogen and oxygen atoms in total. The molecule has 0 spiro atoms. The zero-order valence-electron chi connectivity index (χ0n) is 21.0. The molecule has 0 bridgehead atoms. The highest BCUT2D eigenvalue weighted by Crippen LogP contribution is 2.32. The van der Waals surface area contributed by atoms with Crippen LogP contribution in [0.3, 0.4) is 0 Å². The van der Waals surface area contributed by atoms with E-state index in [9.17, 15) is 9.18 Å². The second-order valence-electron chi connectivity index (χ2n) is 9.31. The number of nitrogens with one attached hydrogen (secondary N) is 1. The van der Waals surface area contributed by atoms with Crippen LogP contribution in [0.4, 0.5) is 4.39 Å². The number of hydrogen-bond donors (Lipinski definition) is 1. The number of aromatic nitrogens is 3. The van der Waals surface area contributed by atoms with Crippen LogP contribution in [0, 0.1) is 5.82 Å². The molecule has 1 atom stereocenters. The molecule has 34 heavy (non-hydrogen) atoms. The first kappa shape index (κ1) is 25.9. The summed E-state index contributed by atoms with van der Waals surface area (Å²) in [5.74, 6) is -0.411. The van der Waals surface area contributed by atoms with Crippen molar-refractivity contribution in [2.75, 3.05) is 14.1 Å². The summed E-state index contributed by atoms with van der Waals surface area (Å²) in [7, 11) is 4.07. The van der Waals surface area contributed by atoms with Crippen molar-refractivity contribution in [1.29, 1.82) is 0 Å². The Morgan fingerprint density at radius 3 is 2.50 bits per heavy atom. The molecule has 2 aromatic heterocycles. The molecule has 0 aliphatic carbocycles. The van der Waals surface area contributed by atoms with Crippen molar-refractivity contribution in [2.24, 2.45) is 0 Å². The maximum absolute atomic E-state index is 14.4. The van der Waals surface area contributed by atoms with E-state index in [0.29, 0.717) is 5.56 Å². The van der Waals surface area contributed by atoms with E-state index in [2.05, 4.69) is 35.4 Å². The van der Waals surface area contributed by atoms with E-state index in [4.69, 9.17) is 5.10 Å². The quantitative estimate of drug-likeness (QED) is 0.391. The Hall–Kier alpha value is -2.71. The summed E-state index contributed by atoms with van der Waals surface area (Å²) >= 11 is 1.21. The van der Waals surface area contributed by atoms with Crippen LogP contribution in [0.15, 0.2) is 47.8 Å². The number of carbonyl (C=O) groups is 1. The largest absolute Gasteiger partial charge is 0.301 e. The minimum absolute atomic E-state index is 0.0680. The summed E-state index contributed by atoms with van der Waals surface area (Å²) in [6.07, 6.45) is 3.51. The van der Waals surface area contributed by atoms with Gasteiger partial charge in [0.1, 0.15) is 10.8 Å². The molecular weight excluding hydrogens is 449 g/mol. The molecule has 3 aromatic rings. The fourth-order valence-corrected chi connectivity index (χ4v) is 4.48. The number of pyridine rings is 1. The second kappa shape index (κ2) is 11.1. The van der Waals surface area contributed by atoms with Crippen LogP contribution in [0.5, 0.6) is 0 Å². The number of amides is 1. The van der Waals surface area contributed by atoms with Crippen molar-refractivity contribution in [1.82, 2.24) is 24.4 Å². The minimum Gasteiger partial charge on any atom is -0.301 e. The lowest BCUT2D eigenvalue weighted by atomic mass is 9.88. The Labute approximate surface area is 206 Å². The van der Waals surface area contributed by atoms with Crippen LogP contribution >= 0.6 is 11.9 Å². The second-order valence-corrected chi connectivity index (χ2v) is 10.1. The van der Waals surface area contributed by atoms with Gasteiger partial charge in [0.2, 0.25) is 5.91 Å². The topological polar surface area (TPSA) is 63.1 Å². The lowest BCUT2D eigenvalue weighted by Crippen LogP contribution is -2.21. The highest BCUT2D eigenvalue weighted by Gasteiger charge is 2.21. The number of hydrogen-bond acceptors (Lipinski definition) is 5. The molecule has 1 aromatic carbocycles. The Kier molecular flexibility index (Phi) is 8.49. The van der Waals surface area contributed by atoms with Crippen molar-refractivity contribution in [2.45, 2.75) is 64.1 Å². The van der Waals surface area contributed by atoms with Crippen LogP contribution in [-0.4, -0.2) is 39.7 Å². The van der Waals surface area contributed by atoms with Gasteiger partial charge in [0.25, 0.3) is 0 Å². The van der Waals surface area contributed by atoms with Crippen molar-refractivity contribution < 1.29 is 9.18 Å². The molecule has 0 radical (unpaired) electrons. The zero-order valence-corrected chi connectivity index (χ0v) is 21.8. The van der Waals surface area contributed by atoms with Crippen LogP contribution in [0.1, 0.15) is 69.4 Å². The first-order valence-corrected chi connectivity index (χ1v) is 12.3. The first-order chi connectivity index (χ1) is 16.1. The minimum atomic E-state index is -0.317. The van der Waals surface area contributed by atoms with E-state index in [1.165, 1.54) is 24.1 Å². The van der Waals surface area contributed by atoms with E-state index in [1.807, 2.05) is 50.8 Å². The van der Waals surface area contributed by atoms with Crippen LogP contribution < -0.4 is 4.72 Å². The van der Waals surface area contributed by atoms with Crippen LogP contribution in [-0.2, 0) is 11.2 Å². The predicted molar refractivity (Wildman–Crippen MR) is 136 cm³/mol. The summed E-state index contributed by atoms with van der Waals surface area (Å²) in [5.41, 5.74) is 4.22. The third kappa shape index (κ3) is 6.04. The smallest absolute Gasteiger partial charge is 0.234 e. The molecule has 0 aliphatic rings. The maximum atomic E-state index is 14.4. The molecule has 0 fully saturated rings. The summed E-state index contributed by atoms with van der Waals surface area (Å²) in [5, 5.41) is 5.43. The van der Waals surface area contributed by atoms with Crippen LogP contribution in [0.25, 0.3) is 11.1 Å². The molecule has 0 aliphatic heterocycles. The van der Waals surface area contributed by atoms with Crippen molar-refractivity contribution in [3.05, 3.63) is 65.4 Å². The predicted octanol–water partition coefficient (Wildman–Crippen LogP) is 5.78. The first-order valence-electron chi connectivity index (χ1n) is 11.5. The Bertz CT molecular complexity index is 1130. The van der Waals surface area contributed by atoms with E-state index in [-0.39, 0.29) is 36.1 Å². The zero-order chi connectivity index (χ0) is 25.0. The Morgan fingerprint density at radius 1 is 1.18 bits per heavy atom. The molecule has 1 N–H and O–H groups in total. The van der Waals surface area contributed by atoms with Gasteiger partial charge < -0.3 is 4.90 Å². The maximum Gasteiger partial charge on any atom is 0.234 e. The molecule has 182 valence electrons. The van der Waals surface area contributed by atoms with Crippen molar-refractivity contribution in [3.8, 4) is 11.1 Å². The molecule has 1 unspecified atom stereocenters. The van der Waals surface area contributed by atoms with E-state index >= 15 is 0 Å². The van der Waals surface area contributed by atoms with Gasteiger partial charge in [-0.1, -0.05) is 19.9 Å². The van der Waals surface area contributed by atoms with Gasteiger partial charge in [-0.15, -0.1) is 0 Å². The third-order valence-electron chi connectivity index (χ3n) is 5.88. The van der Waals surface area contributed by atoms with Gasteiger partial charge in [-0.25, -0.2) is 4.39 Å². The fraction of sp³-hybridized carbons (Fsp3) is 0.423. The average Bonchev–Trinajstić information content (AvgIpc) is 3.23. The van der Waals surface area contributed by atoms with E-state index in [0.717, 1.165) is 27.4 Å². The molecule has 1 amide bonds. The number of benzene rings is 1. The van der Waals surface area contributed by atoms with Gasteiger partial charge in [0, 0.05) is 42.0 Å². The lowest BCUT2D eigenvalue weighted by molar-refractivity contribution is -0.118. The van der Waals surface area contributed by atoms with Gasteiger partial charge in [-0.05, 0) is 81.7 Å². The molecule has 2 heterocycles. The highest BCUT2D eigenvalue weighted by atomic mass is 32.2. The van der Waals surface area contributed by atoms with Crippen LogP contribution in [0.2, 0.25) is 0 Å². The normalized spacial score (nSPS) is 12.6. The van der Waals surface area contributed by atoms with Gasteiger partial charge in [-0.3, -0.25) is 19.2 Å².